The molecule has 7 heteroatoms. The highest BCUT2D eigenvalue weighted by Crippen LogP contribution is 2.24. The van der Waals surface area contributed by atoms with Crippen LogP contribution < -0.4 is 5.73 Å². The van der Waals surface area contributed by atoms with Crippen LogP contribution in [0.2, 0.25) is 0 Å². The molecule has 0 radical (unpaired) electrons. The molecule has 0 aliphatic rings. The number of aliphatic carboxylic acids is 2. The first-order valence-electron chi connectivity index (χ1n) is 6.68. The maximum atomic E-state index is 11.2. The van der Waals surface area contributed by atoms with Crippen LogP contribution >= 0.6 is 0 Å². The predicted molar refractivity (Wildman–Crippen MR) is 82.4 cm³/mol. The summed E-state index contributed by atoms with van der Waals surface area (Å²) in [6, 6.07) is 10.4. The minimum absolute atomic E-state index is 0.0162. The first-order chi connectivity index (χ1) is 10.8. The summed E-state index contributed by atoms with van der Waals surface area (Å²) in [4.78, 5) is 30.3. The fourth-order valence-electron chi connectivity index (χ4n) is 2.04. The zero-order valence-electron chi connectivity index (χ0n) is 12.3. The van der Waals surface area contributed by atoms with Gasteiger partial charge in [0.2, 0.25) is 0 Å². The number of nitrogens with two attached hydrogens (primary N) is 1. The summed E-state index contributed by atoms with van der Waals surface area (Å²) in [7, 11) is 0. The molecule has 0 aliphatic heterocycles. The van der Waals surface area contributed by atoms with Gasteiger partial charge in [0, 0.05) is 12.3 Å². The van der Waals surface area contributed by atoms with E-state index in [0.29, 0.717) is 6.08 Å². The van der Waals surface area contributed by atoms with E-state index in [4.69, 9.17) is 15.9 Å². The van der Waals surface area contributed by atoms with Crippen molar-refractivity contribution in [2.24, 2.45) is 5.73 Å². The van der Waals surface area contributed by atoms with Crippen LogP contribution in [0, 0.1) is 0 Å². The molecule has 0 aliphatic carbocycles. The van der Waals surface area contributed by atoms with Crippen molar-refractivity contribution in [2.75, 3.05) is 0 Å². The van der Waals surface area contributed by atoms with Gasteiger partial charge in [-0.1, -0.05) is 30.3 Å². The van der Waals surface area contributed by atoms with Crippen LogP contribution in [-0.2, 0) is 15.1 Å². The molecule has 1 unspecified atom stereocenters. The van der Waals surface area contributed by atoms with Gasteiger partial charge in [0.1, 0.15) is 0 Å². The Morgan fingerprint density at radius 1 is 1.17 bits per heavy atom. The summed E-state index contributed by atoms with van der Waals surface area (Å²) in [5, 5.41) is 18.0. The lowest BCUT2D eigenvalue weighted by Crippen LogP contribution is -2.36. The van der Waals surface area contributed by atoms with Crippen molar-refractivity contribution in [3.05, 3.63) is 65.8 Å². The van der Waals surface area contributed by atoms with Crippen LogP contribution in [0.15, 0.2) is 48.7 Å². The Kier molecular flexibility index (Phi) is 4.52. The Morgan fingerprint density at radius 2 is 1.83 bits per heavy atom. The van der Waals surface area contributed by atoms with Crippen molar-refractivity contribution < 1.29 is 19.8 Å². The maximum absolute atomic E-state index is 11.2. The second-order valence-electron chi connectivity index (χ2n) is 5.04. The number of rotatable bonds is 5. The van der Waals surface area contributed by atoms with E-state index in [1.54, 1.807) is 19.1 Å². The minimum atomic E-state index is -1.39. The van der Waals surface area contributed by atoms with Gasteiger partial charge in [0.05, 0.1) is 16.8 Å². The Morgan fingerprint density at radius 3 is 2.39 bits per heavy atom. The van der Waals surface area contributed by atoms with E-state index in [1.165, 1.54) is 12.3 Å². The van der Waals surface area contributed by atoms with Gasteiger partial charge in [-0.2, -0.15) is 0 Å². The Balaban J connectivity index is 2.52. The van der Waals surface area contributed by atoms with Gasteiger partial charge in [-0.25, -0.2) is 19.6 Å². The van der Waals surface area contributed by atoms with E-state index in [2.05, 4.69) is 9.97 Å². The number of aromatic nitrogens is 2. The quantitative estimate of drug-likeness (QED) is 0.709. The average Bonchev–Trinajstić information content (AvgIpc) is 2.53. The van der Waals surface area contributed by atoms with Crippen LogP contribution in [0.1, 0.15) is 24.0 Å². The zero-order valence-corrected chi connectivity index (χ0v) is 12.3. The monoisotopic (exact) mass is 313 g/mol. The van der Waals surface area contributed by atoms with Crippen LogP contribution in [-0.4, -0.2) is 32.1 Å². The van der Waals surface area contributed by atoms with E-state index < -0.39 is 23.1 Å². The molecule has 2 aromatic rings. The molecule has 118 valence electrons. The Hall–Kier alpha value is -3.06. The maximum Gasteiger partial charge on any atom is 0.338 e. The summed E-state index contributed by atoms with van der Waals surface area (Å²) in [6.07, 6.45) is 1.94. The zero-order chi connectivity index (χ0) is 17.0. The number of hydrogen-bond donors (Lipinski definition) is 3. The normalized spacial score (nSPS) is 14.1. The van der Waals surface area contributed by atoms with E-state index in [-0.39, 0.29) is 11.5 Å². The van der Waals surface area contributed by atoms with Gasteiger partial charge in [0.25, 0.3) is 0 Å². The molecule has 23 heavy (non-hydrogen) atoms. The fraction of sp³-hybridized carbons (Fsp3) is 0.125. The second kappa shape index (κ2) is 6.37. The average molecular weight is 313 g/mol. The van der Waals surface area contributed by atoms with Gasteiger partial charge in [-0.15, -0.1) is 0 Å². The van der Waals surface area contributed by atoms with Crippen LogP contribution in [0.25, 0.3) is 5.57 Å². The molecule has 0 fully saturated rings. The number of carbonyl (C=O) groups is 2. The van der Waals surface area contributed by atoms with E-state index in [0.717, 1.165) is 5.56 Å². The van der Waals surface area contributed by atoms with Gasteiger partial charge in [-0.05, 0) is 18.6 Å². The summed E-state index contributed by atoms with van der Waals surface area (Å²) in [5.74, 6) is -2.57. The van der Waals surface area contributed by atoms with Gasteiger partial charge >= 0.3 is 11.9 Å². The Labute approximate surface area is 132 Å². The first-order valence-corrected chi connectivity index (χ1v) is 6.68. The van der Waals surface area contributed by atoms with Crippen molar-refractivity contribution in [2.45, 2.75) is 12.5 Å². The second-order valence-corrected chi connectivity index (χ2v) is 5.04. The minimum Gasteiger partial charge on any atom is -0.478 e. The molecule has 1 aromatic heterocycles. The molecule has 1 heterocycles. The van der Waals surface area contributed by atoms with Gasteiger partial charge in [-0.3, -0.25) is 0 Å². The third-order valence-corrected chi connectivity index (χ3v) is 3.27. The number of benzene rings is 1. The van der Waals surface area contributed by atoms with Crippen molar-refractivity contribution >= 4 is 17.5 Å². The standard InChI is InChI=1S/C16H15N3O4/c1-16(17,10-5-3-2-4-6-10)15-18-8-7-12(19-15)11(14(22)23)9-13(20)21/h2-9H,17H2,1H3,(H,20,21)(H,22,23)/b11-9+. The number of hydrogen-bond acceptors (Lipinski definition) is 5. The van der Waals surface area contributed by atoms with Crippen LogP contribution in [0.5, 0.6) is 0 Å². The molecule has 2 rings (SSSR count). The Bertz CT molecular complexity index is 770. The highest BCUT2D eigenvalue weighted by atomic mass is 16.4. The van der Waals surface area contributed by atoms with Gasteiger partial charge in [0.15, 0.2) is 5.82 Å². The lowest BCUT2D eigenvalue weighted by Gasteiger charge is -2.23. The fourth-order valence-corrected chi connectivity index (χ4v) is 2.04. The smallest absolute Gasteiger partial charge is 0.338 e. The van der Waals surface area contributed by atoms with Gasteiger partial charge < -0.3 is 15.9 Å². The van der Waals surface area contributed by atoms with E-state index >= 15 is 0 Å². The molecule has 0 bridgehead atoms. The molecule has 0 amide bonds. The molecule has 1 aromatic carbocycles. The van der Waals surface area contributed by atoms with Crippen molar-refractivity contribution in [1.29, 1.82) is 0 Å². The molecule has 0 saturated carbocycles. The van der Waals surface area contributed by atoms with E-state index in [9.17, 15) is 9.59 Å². The summed E-state index contributed by atoms with van der Waals surface area (Å²) in [6.45, 7) is 1.70. The summed E-state index contributed by atoms with van der Waals surface area (Å²) in [5.41, 5.74) is 5.54. The first kappa shape index (κ1) is 16.3. The number of carboxylic acid groups (broad SMARTS) is 2. The largest absolute Gasteiger partial charge is 0.478 e. The van der Waals surface area contributed by atoms with Crippen molar-refractivity contribution in [1.82, 2.24) is 9.97 Å². The lowest BCUT2D eigenvalue weighted by atomic mass is 9.92. The van der Waals surface area contributed by atoms with Crippen molar-refractivity contribution in [3.8, 4) is 0 Å². The molecule has 0 spiro atoms. The molecule has 7 nitrogen and oxygen atoms in total. The van der Waals surface area contributed by atoms with Crippen LogP contribution in [0.4, 0.5) is 0 Å². The summed E-state index contributed by atoms with van der Waals surface area (Å²) >= 11 is 0. The van der Waals surface area contributed by atoms with Crippen molar-refractivity contribution in [3.63, 3.8) is 0 Å². The summed E-state index contributed by atoms with van der Waals surface area (Å²) < 4.78 is 0. The highest BCUT2D eigenvalue weighted by molar-refractivity contribution is 6.18. The van der Waals surface area contributed by atoms with E-state index in [1.807, 2.05) is 18.2 Å². The molecular formula is C16H15N3O4. The third kappa shape index (κ3) is 3.58. The molecular weight excluding hydrogens is 298 g/mol. The highest BCUT2D eigenvalue weighted by Gasteiger charge is 2.28. The molecule has 1 atom stereocenters. The third-order valence-electron chi connectivity index (χ3n) is 3.27. The topological polar surface area (TPSA) is 126 Å². The lowest BCUT2D eigenvalue weighted by molar-refractivity contribution is -0.133. The molecule has 0 saturated heterocycles. The predicted octanol–water partition coefficient (Wildman–Crippen LogP) is 1.25. The number of carboxylic acids is 2. The number of nitrogens with zero attached hydrogens (tertiary/aromatic N) is 2. The molecule has 4 N–H and O–H groups in total. The van der Waals surface area contributed by atoms with Crippen LogP contribution in [0.3, 0.4) is 0 Å². The SMILES string of the molecule is CC(N)(c1ccccc1)c1nccc(/C(=C\C(=O)O)C(=O)O)n1.